The molecule has 0 aromatic heterocycles. The first kappa shape index (κ1) is 23.1. The van der Waals surface area contributed by atoms with Gasteiger partial charge in [0.15, 0.2) is 11.5 Å². The second-order valence-electron chi connectivity index (χ2n) is 6.56. The fourth-order valence-electron chi connectivity index (χ4n) is 2.82. The van der Waals surface area contributed by atoms with Crippen LogP contribution in [0, 0.1) is 5.82 Å². The summed E-state index contributed by atoms with van der Waals surface area (Å²) in [6.45, 7) is 5.75. The van der Waals surface area contributed by atoms with Gasteiger partial charge in [0.25, 0.3) is 11.1 Å². The molecule has 1 heterocycles. The Kier molecular flexibility index (Phi) is 7.67. The number of anilines is 1. The number of ether oxygens (including phenoxy) is 2. The molecule has 1 N–H and O–H groups in total. The van der Waals surface area contributed by atoms with Crippen molar-refractivity contribution >= 4 is 40.6 Å². The molecule has 1 aliphatic rings. The van der Waals surface area contributed by atoms with Gasteiger partial charge in [0.1, 0.15) is 19.0 Å². The summed E-state index contributed by atoms with van der Waals surface area (Å²) in [5.74, 6) is -0.538. The SMILES string of the molecule is C=CCOc1ccc(/C=C2\SC(=O)N(CC(=O)Nc3ccc(F)cc3)C2=O)cc1OCC. The lowest BCUT2D eigenvalue weighted by molar-refractivity contribution is -0.127. The van der Waals surface area contributed by atoms with E-state index in [1.165, 1.54) is 24.3 Å². The lowest BCUT2D eigenvalue weighted by Gasteiger charge is -2.12. The van der Waals surface area contributed by atoms with E-state index in [1.807, 2.05) is 6.92 Å². The van der Waals surface area contributed by atoms with Gasteiger partial charge in [-0.1, -0.05) is 18.7 Å². The van der Waals surface area contributed by atoms with E-state index < -0.39 is 29.4 Å². The van der Waals surface area contributed by atoms with Crippen LogP contribution in [0.25, 0.3) is 6.08 Å². The first-order valence-corrected chi connectivity index (χ1v) is 10.5. The number of carbonyl (C=O) groups excluding carboxylic acids is 3. The maximum absolute atomic E-state index is 13.0. The molecule has 3 amide bonds. The van der Waals surface area contributed by atoms with Crippen LogP contribution in [0.15, 0.2) is 60.0 Å². The molecule has 9 heteroatoms. The number of hydrogen-bond donors (Lipinski definition) is 1. The molecule has 1 saturated heterocycles. The van der Waals surface area contributed by atoms with E-state index in [0.717, 1.165) is 16.7 Å². The first-order valence-electron chi connectivity index (χ1n) is 9.72. The third kappa shape index (κ3) is 5.76. The van der Waals surface area contributed by atoms with E-state index >= 15 is 0 Å². The third-order valence-corrected chi connectivity index (χ3v) is 5.13. The van der Waals surface area contributed by atoms with Gasteiger partial charge in [0, 0.05) is 5.69 Å². The smallest absolute Gasteiger partial charge is 0.294 e. The monoisotopic (exact) mass is 456 g/mol. The Labute approximate surface area is 188 Å². The highest BCUT2D eigenvalue weighted by Gasteiger charge is 2.36. The fourth-order valence-corrected chi connectivity index (χ4v) is 3.65. The maximum Gasteiger partial charge on any atom is 0.294 e. The summed E-state index contributed by atoms with van der Waals surface area (Å²) in [5.41, 5.74) is 1.00. The summed E-state index contributed by atoms with van der Waals surface area (Å²) >= 11 is 0.748. The van der Waals surface area contributed by atoms with Gasteiger partial charge < -0.3 is 14.8 Å². The molecular weight excluding hydrogens is 435 g/mol. The summed E-state index contributed by atoms with van der Waals surface area (Å²) in [5, 5.41) is 1.98. The summed E-state index contributed by atoms with van der Waals surface area (Å²) in [6.07, 6.45) is 3.18. The Hall–Kier alpha value is -3.59. The number of benzene rings is 2. The number of nitrogens with one attached hydrogen (secondary N) is 1. The topological polar surface area (TPSA) is 84.9 Å². The minimum Gasteiger partial charge on any atom is -0.490 e. The molecule has 0 spiro atoms. The van der Waals surface area contributed by atoms with Crippen molar-refractivity contribution in [3.8, 4) is 11.5 Å². The van der Waals surface area contributed by atoms with Gasteiger partial charge in [-0.3, -0.25) is 19.3 Å². The molecule has 1 fully saturated rings. The summed E-state index contributed by atoms with van der Waals surface area (Å²) in [7, 11) is 0. The van der Waals surface area contributed by atoms with Crippen LogP contribution in [0.2, 0.25) is 0 Å². The van der Waals surface area contributed by atoms with Crippen LogP contribution in [0.5, 0.6) is 11.5 Å². The Balaban J connectivity index is 1.71. The molecule has 1 aliphatic heterocycles. The third-order valence-electron chi connectivity index (χ3n) is 4.23. The van der Waals surface area contributed by atoms with E-state index in [4.69, 9.17) is 9.47 Å². The normalized spacial score (nSPS) is 14.6. The zero-order valence-electron chi connectivity index (χ0n) is 17.3. The van der Waals surface area contributed by atoms with Gasteiger partial charge in [-0.25, -0.2) is 4.39 Å². The molecule has 0 aliphatic carbocycles. The number of imide groups is 1. The lowest BCUT2D eigenvalue weighted by Crippen LogP contribution is -2.36. The van der Waals surface area contributed by atoms with E-state index in [1.54, 1.807) is 30.4 Å². The van der Waals surface area contributed by atoms with Crippen molar-refractivity contribution in [3.05, 3.63) is 71.4 Å². The lowest BCUT2D eigenvalue weighted by atomic mass is 10.2. The van der Waals surface area contributed by atoms with Gasteiger partial charge in [0.05, 0.1) is 11.5 Å². The molecule has 166 valence electrons. The molecule has 7 nitrogen and oxygen atoms in total. The highest BCUT2D eigenvalue weighted by atomic mass is 32.2. The summed E-state index contributed by atoms with van der Waals surface area (Å²) < 4.78 is 24.1. The van der Waals surface area contributed by atoms with Crippen LogP contribution < -0.4 is 14.8 Å². The van der Waals surface area contributed by atoms with Crippen LogP contribution in [0.4, 0.5) is 14.9 Å². The van der Waals surface area contributed by atoms with Crippen molar-refractivity contribution in [2.24, 2.45) is 0 Å². The minimum atomic E-state index is -0.570. The van der Waals surface area contributed by atoms with Crippen LogP contribution >= 0.6 is 11.8 Å². The number of amides is 3. The number of thioether (sulfide) groups is 1. The molecule has 2 aromatic carbocycles. The molecule has 0 atom stereocenters. The van der Waals surface area contributed by atoms with Crippen LogP contribution in [0.1, 0.15) is 12.5 Å². The number of hydrogen-bond acceptors (Lipinski definition) is 6. The second-order valence-corrected chi connectivity index (χ2v) is 7.55. The van der Waals surface area contributed by atoms with Crippen molar-refractivity contribution in [2.45, 2.75) is 6.92 Å². The zero-order valence-corrected chi connectivity index (χ0v) is 18.1. The summed E-state index contributed by atoms with van der Waals surface area (Å²) in [4.78, 5) is 38.3. The van der Waals surface area contributed by atoms with Crippen molar-refractivity contribution < 1.29 is 28.2 Å². The molecule has 0 bridgehead atoms. The molecular formula is C23H21FN2O5S. The molecule has 32 heavy (non-hydrogen) atoms. The molecule has 3 rings (SSSR count). The standard InChI is InChI=1S/C23H21FN2O5S/c1-3-11-31-18-10-5-15(12-19(18)30-4-2)13-20-22(28)26(23(29)32-20)14-21(27)25-17-8-6-16(24)7-9-17/h3,5-10,12-13H,1,4,11,14H2,2H3,(H,25,27)/b20-13-. The number of halogens is 1. The van der Waals surface area contributed by atoms with Gasteiger partial charge in [-0.2, -0.15) is 0 Å². The highest BCUT2D eigenvalue weighted by Crippen LogP contribution is 2.34. The largest absolute Gasteiger partial charge is 0.490 e. The Morgan fingerprint density at radius 1 is 1.16 bits per heavy atom. The predicted molar refractivity (Wildman–Crippen MR) is 121 cm³/mol. The predicted octanol–water partition coefficient (Wildman–Crippen LogP) is 4.46. The zero-order chi connectivity index (χ0) is 23.1. The molecule has 0 saturated carbocycles. The highest BCUT2D eigenvalue weighted by molar-refractivity contribution is 8.18. The Bertz CT molecular complexity index is 1070. The molecule has 2 aromatic rings. The van der Waals surface area contributed by atoms with Crippen molar-refractivity contribution in [2.75, 3.05) is 25.1 Å². The van der Waals surface area contributed by atoms with Crippen molar-refractivity contribution in [3.63, 3.8) is 0 Å². The summed E-state index contributed by atoms with van der Waals surface area (Å²) in [6, 6.07) is 10.3. The quantitative estimate of drug-likeness (QED) is 0.443. The second kappa shape index (κ2) is 10.6. The molecule has 0 radical (unpaired) electrons. The average Bonchev–Trinajstić information content (AvgIpc) is 3.02. The van der Waals surface area contributed by atoms with E-state index in [9.17, 15) is 18.8 Å². The Morgan fingerprint density at radius 3 is 2.59 bits per heavy atom. The van der Waals surface area contributed by atoms with Crippen LogP contribution in [0.3, 0.4) is 0 Å². The van der Waals surface area contributed by atoms with Gasteiger partial charge in [-0.05, 0) is 66.7 Å². The van der Waals surface area contributed by atoms with Gasteiger partial charge in [-0.15, -0.1) is 0 Å². The Morgan fingerprint density at radius 2 is 1.91 bits per heavy atom. The maximum atomic E-state index is 13.0. The van der Waals surface area contributed by atoms with Crippen molar-refractivity contribution in [1.82, 2.24) is 4.90 Å². The van der Waals surface area contributed by atoms with Crippen molar-refractivity contribution in [1.29, 1.82) is 0 Å². The van der Waals surface area contributed by atoms with E-state index in [-0.39, 0.29) is 4.91 Å². The average molecular weight is 456 g/mol. The van der Waals surface area contributed by atoms with E-state index in [0.29, 0.717) is 36.0 Å². The number of nitrogens with zero attached hydrogens (tertiary/aromatic N) is 1. The van der Waals surface area contributed by atoms with Crippen LogP contribution in [-0.2, 0) is 9.59 Å². The van der Waals surface area contributed by atoms with Gasteiger partial charge >= 0.3 is 0 Å². The molecule has 0 unspecified atom stereocenters. The number of rotatable bonds is 9. The van der Waals surface area contributed by atoms with Gasteiger partial charge in [0.2, 0.25) is 5.91 Å². The van der Waals surface area contributed by atoms with Crippen LogP contribution in [-0.4, -0.2) is 41.7 Å². The fraction of sp³-hybridized carbons (Fsp3) is 0.174. The minimum absolute atomic E-state index is 0.187. The van der Waals surface area contributed by atoms with E-state index in [2.05, 4.69) is 11.9 Å². The first-order chi connectivity index (χ1) is 15.4. The number of carbonyl (C=O) groups is 3.